The number of H-pyrrole nitrogens is 1. The fourth-order valence-corrected chi connectivity index (χ4v) is 1.76. The molecular weight excluding hydrogens is 164 g/mol. The van der Waals surface area contributed by atoms with Crippen LogP contribution in [-0.4, -0.2) is 29.1 Å². The first kappa shape index (κ1) is 8.56. The largest absolute Gasteiger partial charge is 0.341 e. The summed E-state index contributed by atoms with van der Waals surface area (Å²) in [5.74, 6) is 0.965. The van der Waals surface area contributed by atoms with E-state index in [0.717, 1.165) is 31.2 Å². The minimum atomic E-state index is 0.305. The Hall–Kier alpha value is -1.03. The second-order valence-corrected chi connectivity index (χ2v) is 3.74. The monoisotopic (exact) mass is 180 g/mol. The van der Waals surface area contributed by atoms with Gasteiger partial charge in [0.25, 0.3) is 0 Å². The third-order valence-electron chi connectivity index (χ3n) is 2.45. The summed E-state index contributed by atoms with van der Waals surface area (Å²) >= 11 is 0. The second-order valence-electron chi connectivity index (χ2n) is 3.74. The Morgan fingerprint density at radius 3 is 3.15 bits per heavy atom. The van der Waals surface area contributed by atoms with Gasteiger partial charge < -0.3 is 15.6 Å². The maximum absolute atomic E-state index is 5.89. The Labute approximate surface area is 78.1 Å². The van der Waals surface area contributed by atoms with Crippen LogP contribution in [0.15, 0.2) is 6.20 Å². The van der Waals surface area contributed by atoms with E-state index in [1.165, 1.54) is 6.42 Å². The van der Waals surface area contributed by atoms with E-state index < -0.39 is 0 Å². The van der Waals surface area contributed by atoms with E-state index >= 15 is 0 Å². The van der Waals surface area contributed by atoms with E-state index in [4.69, 9.17) is 5.73 Å². The van der Waals surface area contributed by atoms with Crippen molar-refractivity contribution < 1.29 is 0 Å². The Bertz CT molecular complexity index is 281. The number of piperidine rings is 1. The predicted octanol–water partition coefficient (Wildman–Crippen LogP) is 0.646. The molecule has 1 aliphatic heterocycles. The highest BCUT2D eigenvalue weighted by Gasteiger charge is 2.18. The highest BCUT2D eigenvalue weighted by Crippen LogP contribution is 2.15. The lowest BCUT2D eigenvalue weighted by molar-refractivity contribution is 0.500. The number of imidazole rings is 1. The van der Waals surface area contributed by atoms with Gasteiger partial charge in [-0.2, -0.15) is 0 Å². The van der Waals surface area contributed by atoms with Crippen LogP contribution < -0.4 is 10.6 Å². The normalized spacial score (nSPS) is 23.5. The van der Waals surface area contributed by atoms with Crippen molar-refractivity contribution in [2.24, 2.45) is 5.73 Å². The van der Waals surface area contributed by atoms with Crippen molar-refractivity contribution in [2.75, 3.05) is 18.0 Å². The molecule has 0 aliphatic carbocycles. The van der Waals surface area contributed by atoms with Crippen molar-refractivity contribution in [3.63, 3.8) is 0 Å². The zero-order chi connectivity index (χ0) is 9.26. The molecule has 1 saturated heterocycles. The molecule has 1 unspecified atom stereocenters. The molecule has 4 nitrogen and oxygen atoms in total. The van der Waals surface area contributed by atoms with Crippen LogP contribution in [-0.2, 0) is 0 Å². The molecule has 1 fully saturated rings. The minimum Gasteiger partial charge on any atom is -0.341 e. The standard InChI is InChI=1S/C9H16N4/c1-7-5-11-9(12-7)13-4-2-3-8(10)6-13/h5,8H,2-4,6,10H2,1H3,(H,11,12). The summed E-state index contributed by atoms with van der Waals surface area (Å²) in [4.78, 5) is 9.74. The number of hydrogen-bond donors (Lipinski definition) is 2. The van der Waals surface area contributed by atoms with Gasteiger partial charge in [-0.25, -0.2) is 4.98 Å². The summed E-state index contributed by atoms with van der Waals surface area (Å²) in [6, 6.07) is 0.305. The Morgan fingerprint density at radius 1 is 1.69 bits per heavy atom. The maximum atomic E-state index is 5.89. The third-order valence-corrected chi connectivity index (χ3v) is 2.45. The fourth-order valence-electron chi connectivity index (χ4n) is 1.76. The molecule has 13 heavy (non-hydrogen) atoms. The molecule has 0 radical (unpaired) electrons. The molecule has 0 bridgehead atoms. The molecule has 0 amide bonds. The zero-order valence-electron chi connectivity index (χ0n) is 7.95. The SMILES string of the molecule is Cc1cnc(N2CCCC(N)C2)[nH]1. The van der Waals surface area contributed by atoms with Crippen LogP contribution in [0.5, 0.6) is 0 Å². The van der Waals surface area contributed by atoms with Gasteiger partial charge in [-0.05, 0) is 19.8 Å². The van der Waals surface area contributed by atoms with E-state index in [1.54, 1.807) is 0 Å². The summed E-state index contributed by atoms with van der Waals surface area (Å²) in [7, 11) is 0. The fraction of sp³-hybridized carbons (Fsp3) is 0.667. The summed E-state index contributed by atoms with van der Waals surface area (Å²) in [6.45, 7) is 4.01. The number of aryl methyl sites for hydroxylation is 1. The van der Waals surface area contributed by atoms with Crippen molar-refractivity contribution in [3.8, 4) is 0 Å². The minimum absolute atomic E-state index is 0.305. The molecule has 72 valence electrons. The first-order valence-corrected chi connectivity index (χ1v) is 4.78. The summed E-state index contributed by atoms with van der Waals surface area (Å²) < 4.78 is 0. The average molecular weight is 180 g/mol. The maximum Gasteiger partial charge on any atom is 0.203 e. The molecule has 1 aliphatic rings. The van der Waals surface area contributed by atoms with Gasteiger partial charge in [0.2, 0.25) is 5.95 Å². The number of aromatic amines is 1. The van der Waals surface area contributed by atoms with Crippen molar-refractivity contribution >= 4 is 5.95 Å². The Balaban J connectivity index is 2.08. The van der Waals surface area contributed by atoms with Gasteiger partial charge in [-0.15, -0.1) is 0 Å². The number of rotatable bonds is 1. The summed E-state index contributed by atoms with van der Waals surface area (Å²) in [5.41, 5.74) is 6.99. The molecule has 1 atom stereocenters. The van der Waals surface area contributed by atoms with Gasteiger partial charge in [-0.3, -0.25) is 0 Å². The smallest absolute Gasteiger partial charge is 0.203 e. The van der Waals surface area contributed by atoms with Crippen LogP contribution in [0.25, 0.3) is 0 Å². The second kappa shape index (κ2) is 3.38. The lowest BCUT2D eigenvalue weighted by Crippen LogP contribution is -2.43. The number of nitrogens with two attached hydrogens (primary N) is 1. The number of aromatic nitrogens is 2. The van der Waals surface area contributed by atoms with Gasteiger partial charge in [0.1, 0.15) is 0 Å². The molecule has 2 heterocycles. The molecule has 0 aromatic carbocycles. The van der Waals surface area contributed by atoms with E-state index in [9.17, 15) is 0 Å². The number of nitrogens with zero attached hydrogens (tertiary/aromatic N) is 2. The Morgan fingerprint density at radius 2 is 2.54 bits per heavy atom. The molecule has 0 saturated carbocycles. The number of hydrogen-bond acceptors (Lipinski definition) is 3. The van der Waals surface area contributed by atoms with Crippen LogP contribution in [0.2, 0.25) is 0 Å². The molecule has 2 rings (SSSR count). The van der Waals surface area contributed by atoms with Gasteiger partial charge in [0, 0.05) is 31.0 Å². The lowest BCUT2D eigenvalue weighted by Gasteiger charge is -2.30. The van der Waals surface area contributed by atoms with E-state index in [0.29, 0.717) is 6.04 Å². The molecule has 0 spiro atoms. The lowest BCUT2D eigenvalue weighted by atomic mass is 10.1. The highest BCUT2D eigenvalue weighted by molar-refractivity contribution is 5.32. The van der Waals surface area contributed by atoms with Gasteiger partial charge in [-0.1, -0.05) is 0 Å². The first-order chi connectivity index (χ1) is 6.25. The van der Waals surface area contributed by atoms with Crippen molar-refractivity contribution in [1.82, 2.24) is 9.97 Å². The van der Waals surface area contributed by atoms with Crippen LogP contribution in [0, 0.1) is 6.92 Å². The molecule has 3 N–H and O–H groups in total. The number of nitrogens with one attached hydrogen (secondary N) is 1. The third kappa shape index (κ3) is 1.83. The first-order valence-electron chi connectivity index (χ1n) is 4.78. The summed E-state index contributed by atoms with van der Waals surface area (Å²) in [6.07, 6.45) is 4.16. The zero-order valence-corrected chi connectivity index (χ0v) is 7.95. The number of anilines is 1. The predicted molar refractivity (Wildman–Crippen MR) is 52.7 cm³/mol. The van der Waals surface area contributed by atoms with E-state index in [-0.39, 0.29) is 0 Å². The van der Waals surface area contributed by atoms with Gasteiger partial charge in [0.05, 0.1) is 0 Å². The van der Waals surface area contributed by atoms with Crippen molar-refractivity contribution in [2.45, 2.75) is 25.8 Å². The average Bonchev–Trinajstić information content (AvgIpc) is 2.52. The molecule has 1 aromatic heterocycles. The van der Waals surface area contributed by atoms with Crippen LogP contribution >= 0.6 is 0 Å². The van der Waals surface area contributed by atoms with Gasteiger partial charge in [0.15, 0.2) is 0 Å². The van der Waals surface area contributed by atoms with Crippen molar-refractivity contribution in [1.29, 1.82) is 0 Å². The Kier molecular flexibility index (Phi) is 2.22. The summed E-state index contributed by atoms with van der Waals surface area (Å²) in [5, 5.41) is 0. The van der Waals surface area contributed by atoms with Crippen LogP contribution in [0.1, 0.15) is 18.5 Å². The van der Waals surface area contributed by atoms with E-state index in [2.05, 4.69) is 14.9 Å². The highest BCUT2D eigenvalue weighted by atomic mass is 15.3. The van der Waals surface area contributed by atoms with Gasteiger partial charge >= 0.3 is 0 Å². The van der Waals surface area contributed by atoms with Crippen molar-refractivity contribution in [3.05, 3.63) is 11.9 Å². The molecular formula is C9H16N4. The topological polar surface area (TPSA) is 57.9 Å². The molecule has 1 aromatic rings. The molecule has 4 heteroatoms. The van der Waals surface area contributed by atoms with E-state index in [1.807, 2.05) is 13.1 Å². The quantitative estimate of drug-likeness (QED) is 0.667. The van der Waals surface area contributed by atoms with Crippen LogP contribution in [0.3, 0.4) is 0 Å². The van der Waals surface area contributed by atoms with Crippen LogP contribution in [0.4, 0.5) is 5.95 Å².